The fourth-order valence-electron chi connectivity index (χ4n) is 2.58. The number of halogens is 2. The fraction of sp³-hybridized carbons (Fsp3) is 0.294. The second kappa shape index (κ2) is 6.06. The summed E-state index contributed by atoms with van der Waals surface area (Å²) in [6.07, 6.45) is 2.24. The van der Waals surface area contributed by atoms with Gasteiger partial charge >= 0.3 is 0 Å². The van der Waals surface area contributed by atoms with E-state index in [0.717, 1.165) is 25.2 Å². The molecule has 0 amide bonds. The molecule has 0 saturated heterocycles. The highest BCUT2D eigenvalue weighted by atomic mass is 127. The van der Waals surface area contributed by atoms with Gasteiger partial charge in [-0.25, -0.2) is 0 Å². The van der Waals surface area contributed by atoms with E-state index in [0.29, 0.717) is 0 Å². The summed E-state index contributed by atoms with van der Waals surface area (Å²) in [6.45, 7) is 3.01. The second-order valence-corrected chi connectivity index (χ2v) is 7.15. The smallest absolute Gasteiger partial charge is 0.122 e. The monoisotopic (exact) mass is 442 g/mol. The van der Waals surface area contributed by atoms with Crippen molar-refractivity contribution in [3.63, 3.8) is 0 Å². The van der Waals surface area contributed by atoms with Crippen LogP contribution in [-0.4, -0.2) is 6.61 Å². The molecule has 104 valence electrons. The molecular weight excluding hydrogens is 427 g/mol. The minimum Gasteiger partial charge on any atom is -0.493 e. The first-order valence-corrected chi connectivity index (χ1v) is 8.81. The van der Waals surface area contributed by atoms with Crippen molar-refractivity contribution in [3.8, 4) is 5.75 Å². The van der Waals surface area contributed by atoms with E-state index >= 15 is 0 Å². The van der Waals surface area contributed by atoms with Crippen LogP contribution in [-0.2, 0) is 6.42 Å². The molecule has 2 aromatic rings. The van der Waals surface area contributed by atoms with Crippen LogP contribution < -0.4 is 4.74 Å². The van der Waals surface area contributed by atoms with E-state index in [1.54, 1.807) is 0 Å². The Balaban J connectivity index is 1.98. The Hall–Kier alpha value is -0.550. The standard InChI is InChI=1S/C17H16BrIO/c1-11-4-2-6-14(17(11)19)16(18)13-7-8-15-12(10-13)5-3-9-20-15/h2,4,6-8,10,16H,3,5,9H2,1H3. The highest BCUT2D eigenvalue weighted by molar-refractivity contribution is 14.1. The summed E-state index contributed by atoms with van der Waals surface area (Å²) in [6, 6.07) is 13.0. The number of alkyl halides is 1. The van der Waals surface area contributed by atoms with Crippen molar-refractivity contribution in [3.05, 3.63) is 62.2 Å². The number of hydrogen-bond acceptors (Lipinski definition) is 1. The molecule has 0 bridgehead atoms. The quantitative estimate of drug-likeness (QED) is 0.446. The number of rotatable bonds is 2. The predicted octanol–water partition coefficient (Wildman–Crippen LogP) is 5.41. The van der Waals surface area contributed by atoms with E-state index in [1.165, 1.54) is 25.8 Å². The van der Waals surface area contributed by atoms with Crippen LogP contribution in [0.4, 0.5) is 0 Å². The lowest BCUT2D eigenvalue weighted by molar-refractivity contribution is 0.288. The molecule has 1 nitrogen and oxygen atoms in total. The van der Waals surface area contributed by atoms with Crippen molar-refractivity contribution in [2.75, 3.05) is 6.61 Å². The number of fused-ring (bicyclic) bond motifs is 1. The number of aryl methyl sites for hydroxylation is 2. The summed E-state index contributed by atoms with van der Waals surface area (Å²) in [7, 11) is 0. The highest BCUT2D eigenvalue weighted by Crippen LogP contribution is 2.37. The minimum absolute atomic E-state index is 0.238. The van der Waals surface area contributed by atoms with Crippen molar-refractivity contribution >= 4 is 38.5 Å². The van der Waals surface area contributed by atoms with Crippen LogP contribution in [0.5, 0.6) is 5.75 Å². The lowest BCUT2D eigenvalue weighted by Crippen LogP contribution is -2.09. The van der Waals surface area contributed by atoms with Crippen molar-refractivity contribution in [2.45, 2.75) is 24.6 Å². The van der Waals surface area contributed by atoms with Crippen LogP contribution in [0.25, 0.3) is 0 Å². The van der Waals surface area contributed by atoms with Crippen molar-refractivity contribution < 1.29 is 4.74 Å². The molecule has 0 aromatic heterocycles. The first-order valence-electron chi connectivity index (χ1n) is 6.81. The first kappa shape index (κ1) is 14.4. The lowest BCUT2D eigenvalue weighted by Gasteiger charge is -2.20. The van der Waals surface area contributed by atoms with Gasteiger partial charge in [0, 0.05) is 3.57 Å². The summed E-state index contributed by atoms with van der Waals surface area (Å²) in [5, 5.41) is 0. The molecule has 20 heavy (non-hydrogen) atoms. The maximum Gasteiger partial charge on any atom is 0.122 e. The Kier molecular flexibility index (Phi) is 4.36. The molecule has 0 spiro atoms. The second-order valence-electron chi connectivity index (χ2n) is 5.16. The van der Waals surface area contributed by atoms with Crippen LogP contribution in [0.1, 0.15) is 33.5 Å². The summed E-state index contributed by atoms with van der Waals surface area (Å²) in [4.78, 5) is 0.238. The van der Waals surface area contributed by atoms with Gasteiger partial charge in [-0.3, -0.25) is 0 Å². The Morgan fingerprint density at radius 1 is 1.25 bits per heavy atom. The first-order chi connectivity index (χ1) is 9.66. The number of benzene rings is 2. The zero-order chi connectivity index (χ0) is 14.1. The zero-order valence-corrected chi connectivity index (χ0v) is 15.1. The van der Waals surface area contributed by atoms with E-state index in [4.69, 9.17) is 4.74 Å². The molecule has 2 aromatic carbocycles. The normalized spacial score (nSPS) is 15.3. The van der Waals surface area contributed by atoms with Crippen molar-refractivity contribution in [1.82, 2.24) is 0 Å². The van der Waals surface area contributed by atoms with Crippen LogP contribution >= 0.6 is 38.5 Å². The van der Waals surface area contributed by atoms with Gasteiger partial charge in [0.2, 0.25) is 0 Å². The van der Waals surface area contributed by atoms with Crippen molar-refractivity contribution in [2.24, 2.45) is 0 Å². The van der Waals surface area contributed by atoms with E-state index in [9.17, 15) is 0 Å². The molecule has 1 atom stereocenters. The number of ether oxygens (including phenoxy) is 1. The molecule has 1 aliphatic rings. The topological polar surface area (TPSA) is 9.23 Å². The lowest BCUT2D eigenvalue weighted by atomic mass is 9.98. The third-order valence-corrected chi connectivity index (χ3v) is 6.22. The Morgan fingerprint density at radius 2 is 2.10 bits per heavy atom. The Bertz CT molecular complexity index is 639. The summed E-state index contributed by atoms with van der Waals surface area (Å²) in [5.41, 5.74) is 5.30. The predicted molar refractivity (Wildman–Crippen MR) is 94.9 cm³/mol. The van der Waals surface area contributed by atoms with Gasteiger partial charge in [0.15, 0.2) is 0 Å². The summed E-state index contributed by atoms with van der Waals surface area (Å²) < 4.78 is 7.02. The molecule has 3 rings (SSSR count). The molecule has 0 radical (unpaired) electrons. The van der Waals surface area contributed by atoms with Crippen LogP contribution in [0.15, 0.2) is 36.4 Å². The highest BCUT2D eigenvalue weighted by Gasteiger charge is 2.17. The third kappa shape index (κ3) is 2.75. The Morgan fingerprint density at radius 3 is 2.95 bits per heavy atom. The molecule has 1 heterocycles. The maximum atomic E-state index is 5.69. The zero-order valence-electron chi connectivity index (χ0n) is 11.3. The molecule has 0 N–H and O–H groups in total. The summed E-state index contributed by atoms with van der Waals surface area (Å²) >= 11 is 6.30. The van der Waals surface area contributed by atoms with Crippen LogP contribution in [0.2, 0.25) is 0 Å². The average Bonchev–Trinajstić information content (AvgIpc) is 2.49. The average molecular weight is 443 g/mol. The van der Waals surface area contributed by atoms with Gasteiger partial charge < -0.3 is 4.74 Å². The molecule has 1 aliphatic heterocycles. The SMILES string of the molecule is Cc1cccc(C(Br)c2ccc3c(c2)CCCO3)c1I. The molecule has 0 saturated carbocycles. The molecule has 3 heteroatoms. The van der Waals surface area contributed by atoms with Crippen LogP contribution in [0.3, 0.4) is 0 Å². The minimum atomic E-state index is 0.238. The van der Waals surface area contributed by atoms with E-state index in [1.807, 2.05) is 0 Å². The van der Waals surface area contributed by atoms with E-state index in [-0.39, 0.29) is 4.83 Å². The van der Waals surface area contributed by atoms with Gasteiger partial charge in [0.1, 0.15) is 5.75 Å². The van der Waals surface area contributed by atoms with E-state index in [2.05, 4.69) is 81.8 Å². The van der Waals surface area contributed by atoms with Gasteiger partial charge in [-0.2, -0.15) is 0 Å². The van der Waals surface area contributed by atoms with Gasteiger partial charge in [0.25, 0.3) is 0 Å². The van der Waals surface area contributed by atoms with Gasteiger partial charge in [-0.1, -0.05) is 46.3 Å². The third-order valence-electron chi connectivity index (χ3n) is 3.72. The van der Waals surface area contributed by atoms with Gasteiger partial charge in [-0.15, -0.1) is 0 Å². The summed E-state index contributed by atoms with van der Waals surface area (Å²) in [5.74, 6) is 1.05. The largest absolute Gasteiger partial charge is 0.493 e. The van der Waals surface area contributed by atoms with Crippen LogP contribution in [0, 0.1) is 10.5 Å². The van der Waals surface area contributed by atoms with Gasteiger partial charge in [0.05, 0.1) is 11.4 Å². The molecule has 0 aliphatic carbocycles. The van der Waals surface area contributed by atoms with Gasteiger partial charge in [-0.05, 0) is 70.7 Å². The molecular formula is C17H16BrIO. The molecule has 1 unspecified atom stereocenters. The maximum absolute atomic E-state index is 5.69. The number of hydrogen-bond donors (Lipinski definition) is 0. The molecule has 0 fully saturated rings. The van der Waals surface area contributed by atoms with Crippen molar-refractivity contribution in [1.29, 1.82) is 0 Å². The Labute approximate surface area is 142 Å². The fourth-order valence-corrected chi connectivity index (χ4v) is 4.35. The van der Waals surface area contributed by atoms with E-state index < -0.39 is 0 Å².